The highest BCUT2D eigenvalue weighted by atomic mass is 35.5. The second kappa shape index (κ2) is 11.3. The van der Waals surface area contributed by atoms with E-state index in [0.29, 0.717) is 31.4 Å². The smallest absolute Gasteiger partial charge is 0.416 e. The molecule has 0 bridgehead atoms. The fraction of sp³-hybridized carbons (Fsp3) is 0.704. The van der Waals surface area contributed by atoms with Gasteiger partial charge in [-0.15, -0.1) is 0 Å². The van der Waals surface area contributed by atoms with Gasteiger partial charge < -0.3 is 10.1 Å². The average Bonchev–Trinajstić information content (AvgIpc) is 3.37. The average molecular weight is 610 g/mol. The SMILES string of the molecule is CN(C(=O)OC(C)(C)C)[C@@H](CC(C)(C)C)C(=O)N[C@H]1CC[C@@H]2CN(S(=O)(=O)c3ccc(C(F)(F)F)cc3Cl)C[C@@H]21. The first-order chi connectivity index (χ1) is 18.1. The molecule has 1 aliphatic heterocycles. The van der Waals surface area contributed by atoms with Crippen LogP contribution in [0.25, 0.3) is 0 Å². The Balaban J connectivity index is 1.76. The lowest BCUT2D eigenvalue weighted by atomic mass is 9.87. The van der Waals surface area contributed by atoms with Crippen LogP contribution >= 0.6 is 11.6 Å². The molecule has 1 aliphatic carbocycles. The third-order valence-corrected chi connectivity index (χ3v) is 9.60. The van der Waals surface area contributed by atoms with Gasteiger partial charge in [0.05, 0.1) is 10.6 Å². The van der Waals surface area contributed by atoms with E-state index in [1.165, 1.54) is 16.3 Å². The molecule has 1 saturated carbocycles. The predicted octanol–water partition coefficient (Wildman–Crippen LogP) is 5.55. The molecule has 4 atom stereocenters. The maximum Gasteiger partial charge on any atom is 0.416 e. The zero-order valence-corrected chi connectivity index (χ0v) is 25.5. The summed E-state index contributed by atoms with van der Waals surface area (Å²) in [6, 6.07) is 1.08. The van der Waals surface area contributed by atoms with E-state index in [1.54, 1.807) is 20.8 Å². The van der Waals surface area contributed by atoms with Gasteiger partial charge in [-0.2, -0.15) is 17.5 Å². The lowest BCUT2D eigenvalue weighted by Crippen LogP contribution is -2.53. The maximum atomic E-state index is 13.5. The fourth-order valence-corrected chi connectivity index (χ4v) is 7.40. The van der Waals surface area contributed by atoms with Gasteiger partial charge in [0.25, 0.3) is 0 Å². The highest BCUT2D eigenvalue weighted by molar-refractivity contribution is 7.89. The fourth-order valence-electron chi connectivity index (χ4n) is 5.35. The summed E-state index contributed by atoms with van der Waals surface area (Å²) in [5, 5.41) is 2.56. The van der Waals surface area contributed by atoms with Crippen molar-refractivity contribution in [2.75, 3.05) is 20.1 Å². The van der Waals surface area contributed by atoms with Gasteiger partial charge in [0.15, 0.2) is 0 Å². The number of benzene rings is 1. The van der Waals surface area contributed by atoms with Crippen LogP contribution in [0.15, 0.2) is 23.1 Å². The van der Waals surface area contributed by atoms with Crippen molar-refractivity contribution in [2.45, 2.75) is 89.6 Å². The highest BCUT2D eigenvalue weighted by Crippen LogP contribution is 2.42. The summed E-state index contributed by atoms with van der Waals surface area (Å²) in [6.07, 6.45) is -3.57. The number of nitrogens with one attached hydrogen (secondary N) is 1. The molecule has 0 unspecified atom stereocenters. The van der Waals surface area contributed by atoms with Crippen molar-refractivity contribution in [3.63, 3.8) is 0 Å². The molecule has 0 aromatic heterocycles. The summed E-state index contributed by atoms with van der Waals surface area (Å²) in [5.74, 6) is -0.562. The van der Waals surface area contributed by atoms with Crippen LogP contribution in [0.5, 0.6) is 0 Å². The number of sulfonamides is 1. The minimum Gasteiger partial charge on any atom is -0.444 e. The molecule has 2 amide bonds. The third kappa shape index (κ3) is 7.61. The number of alkyl halides is 3. The molecule has 2 aliphatic rings. The molecule has 226 valence electrons. The van der Waals surface area contributed by atoms with Crippen LogP contribution in [-0.2, 0) is 25.7 Å². The summed E-state index contributed by atoms with van der Waals surface area (Å²) >= 11 is 5.99. The molecule has 8 nitrogen and oxygen atoms in total. The van der Waals surface area contributed by atoms with Crippen LogP contribution in [0.3, 0.4) is 0 Å². The van der Waals surface area contributed by atoms with E-state index in [9.17, 15) is 31.2 Å². The van der Waals surface area contributed by atoms with Gasteiger partial charge in [0.1, 0.15) is 16.5 Å². The number of hydrogen-bond acceptors (Lipinski definition) is 5. The number of nitrogens with zero attached hydrogens (tertiary/aromatic N) is 2. The monoisotopic (exact) mass is 609 g/mol. The molecule has 1 aromatic carbocycles. The second-order valence-corrected chi connectivity index (χ2v) is 15.3. The lowest BCUT2D eigenvalue weighted by molar-refractivity contribution is -0.137. The number of carbonyl (C=O) groups excluding carboxylic acids is 2. The number of rotatable bonds is 6. The van der Waals surface area contributed by atoms with Crippen LogP contribution in [0.1, 0.15) is 66.4 Å². The standard InChI is InChI=1S/C27H39ClF3N3O5S/c1-25(2,3)13-21(33(7)24(36)39-26(4,5)6)23(35)32-20-10-8-16-14-34(15-18(16)20)40(37,38)22-11-9-17(12-19(22)28)27(29,30)31/h9,11-12,16,18,20-21H,8,10,13-15H2,1-7H3,(H,32,35)/t16-,18+,20+,21+/m1/s1. The number of fused-ring (bicyclic) bond motifs is 1. The first kappa shape index (κ1) is 32.5. The van der Waals surface area contributed by atoms with Crippen molar-refractivity contribution in [3.05, 3.63) is 28.8 Å². The molecule has 1 saturated heterocycles. The Morgan fingerprint density at radius 3 is 2.27 bits per heavy atom. The molecular formula is C27H39ClF3N3O5S. The summed E-state index contributed by atoms with van der Waals surface area (Å²) in [4.78, 5) is 27.2. The van der Waals surface area contributed by atoms with E-state index in [0.717, 1.165) is 6.07 Å². The number of likely N-dealkylation sites (N-methyl/N-ethyl adjacent to an activating group) is 1. The Bertz CT molecular complexity index is 1230. The van der Waals surface area contributed by atoms with Crippen molar-refractivity contribution < 1.29 is 35.9 Å². The van der Waals surface area contributed by atoms with Gasteiger partial charge in [0.2, 0.25) is 15.9 Å². The molecule has 2 fully saturated rings. The zero-order valence-electron chi connectivity index (χ0n) is 23.9. The van der Waals surface area contributed by atoms with Gasteiger partial charge >= 0.3 is 12.3 Å². The minimum atomic E-state index is -4.65. The van der Waals surface area contributed by atoms with Crippen LogP contribution in [-0.4, -0.2) is 67.4 Å². The molecule has 40 heavy (non-hydrogen) atoms. The van der Waals surface area contributed by atoms with E-state index in [1.807, 2.05) is 20.8 Å². The molecule has 1 N–H and O–H groups in total. The predicted molar refractivity (Wildman–Crippen MR) is 145 cm³/mol. The molecule has 3 rings (SSSR count). The summed E-state index contributed by atoms with van der Waals surface area (Å²) < 4.78 is 72.5. The molecule has 0 spiro atoms. The van der Waals surface area contributed by atoms with Crippen molar-refractivity contribution in [1.29, 1.82) is 0 Å². The Morgan fingerprint density at radius 1 is 1.12 bits per heavy atom. The molecule has 0 radical (unpaired) electrons. The van der Waals surface area contributed by atoms with Gasteiger partial charge in [0, 0.05) is 26.2 Å². The second-order valence-electron chi connectivity index (χ2n) is 13.0. The Hall–Kier alpha value is -2.05. The van der Waals surface area contributed by atoms with Gasteiger partial charge in [-0.1, -0.05) is 32.4 Å². The van der Waals surface area contributed by atoms with E-state index in [-0.39, 0.29) is 47.2 Å². The molecule has 13 heteroatoms. The quantitative estimate of drug-likeness (QED) is 0.457. The number of halogens is 4. The number of carbonyl (C=O) groups is 2. The Kier molecular flexibility index (Phi) is 9.19. The van der Waals surface area contributed by atoms with Crippen LogP contribution < -0.4 is 5.32 Å². The topological polar surface area (TPSA) is 96.0 Å². The van der Waals surface area contributed by atoms with Gasteiger partial charge in [-0.3, -0.25) is 9.69 Å². The van der Waals surface area contributed by atoms with Crippen LogP contribution in [0.2, 0.25) is 5.02 Å². The first-order valence-corrected chi connectivity index (χ1v) is 15.0. The number of amides is 2. The highest BCUT2D eigenvalue weighted by Gasteiger charge is 2.48. The number of ether oxygens (including phenoxy) is 1. The van der Waals surface area contributed by atoms with Gasteiger partial charge in [-0.25, -0.2) is 13.2 Å². The molecular weight excluding hydrogens is 571 g/mol. The van der Waals surface area contributed by atoms with Crippen molar-refractivity contribution in [2.24, 2.45) is 17.3 Å². The van der Waals surface area contributed by atoms with Crippen LogP contribution in [0.4, 0.5) is 18.0 Å². The van der Waals surface area contributed by atoms with Crippen molar-refractivity contribution >= 4 is 33.6 Å². The molecule has 1 heterocycles. The Labute approximate surface area is 239 Å². The Morgan fingerprint density at radius 2 is 1.75 bits per heavy atom. The van der Waals surface area contributed by atoms with Crippen LogP contribution in [0, 0.1) is 17.3 Å². The minimum absolute atomic E-state index is 0.0297. The summed E-state index contributed by atoms with van der Waals surface area (Å²) in [6.45, 7) is 11.4. The summed E-state index contributed by atoms with van der Waals surface area (Å²) in [5.41, 5.74) is -2.05. The van der Waals surface area contributed by atoms with Crippen molar-refractivity contribution in [1.82, 2.24) is 14.5 Å². The van der Waals surface area contributed by atoms with Crippen molar-refractivity contribution in [3.8, 4) is 0 Å². The first-order valence-electron chi connectivity index (χ1n) is 13.2. The van der Waals surface area contributed by atoms with E-state index in [4.69, 9.17) is 16.3 Å². The lowest BCUT2D eigenvalue weighted by Gasteiger charge is -2.34. The largest absolute Gasteiger partial charge is 0.444 e. The maximum absolute atomic E-state index is 13.5. The van der Waals surface area contributed by atoms with E-state index >= 15 is 0 Å². The van der Waals surface area contributed by atoms with Gasteiger partial charge in [-0.05, 0) is 75.5 Å². The number of hydrogen-bond donors (Lipinski definition) is 1. The molecule has 1 aromatic rings. The van der Waals surface area contributed by atoms with E-state index in [2.05, 4.69) is 5.32 Å². The summed E-state index contributed by atoms with van der Waals surface area (Å²) in [7, 11) is -2.63. The normalized spacial score (nSPS) is 23.0. The zero-order chi connectivity index (χ0) is 30.4. The van der Waals surface area contributed by atoms with E-state index < -0.39 is 44.5 Å². The third-order valence-electron chi connectivity index (χ3n) is 7.29.